The third-order valence-corrected chi connectivity index (χ3v) is 11.2. The van der Waals surface area contributed by atoms with E-state index in [4.69, 9.17) is 14.7 Å². The zero-order valence-electron chi connectivity index (χ0n) is 30.0. The fraction of sp³-hybridized carbons (Fsp3) is 0. The zero-order valence-corrected chi connectivity index (χ0v) is 30.0. The Morgan fingerprint density at radius 2 is 1.00 bits per heavy atom. The molecule has 0 bridgehead atoms. The van der Waals surface area contributed by atoms with Crippen LogP contribution in [0.25, 0.3) is 105 Å². The van der Waals surface area contributed by atoms with Crippen LogP contribution >= 0.6 is 0 Å². The molecule has 4 heterocycles. The molecule has 0 aliphatic carbocycles. The highest BCUT2D eigenvalue weighted by Crippen LogP contribution is 2.42. The van der Waals surface area contributed by atoms with Crippen molar-refractivity contribution in [1.82, 2.24) is 24.1 Å². The molecule has 0 radical (unpaired) electrons. The van der Waals surface area contributed by atoms with Crippen LogP contribution in [-0.2, 0) is 0 Å². The Balaban J connectivity index is 1.05. The van der Waals surface area contributed by atoms with Crippen LogP contribution in [0.4, 0.5) is 0 Å². The maximum atomic E-state index is 6.57. The molecule has 262 valence electrons. The van der Waals surface area contributed by atoms with Crippen LogP contribution in [0.3, 0.4) is 0 Å². The summed E-state index contributed by atoms with van der Waals surface area (Å²) in [5.74, 6) is 0. The number of furan rings is 1. The summed E-state index contributed by atoms with van der Waals surface area (Å²) in [5.41, 5.74) is 13.3. The van der Waals surface area contributed by atoms with Crippen molar-refractivity contribution >= 4 is 65.6 Å². The summed E-state index contributed by atoms with van der Waals surface area (Å²) in [4.78, 5) is 0. The first-order chi connectivity index (χ1) is 27.8. The normalized spacial score (nSPS) is 11.9. The van der Waals surface area contributed by atoms with Crippen LogP contribution in [0.1, 0.15) is 0 Å². The van der Waals surface area contributed by atoms with Gasteiger partial charge in [-0.05, 0) is 66.7 Å². The molecule has 0 saturated heterocycles. The average Bonchev–Trinajstić information content (AvgIpc) is 4.03. The number of para-hydroxylation sites is 3. The number of benzene rings is 8. The number of aromatic nitrogens is 5. The van der Waals surface area contributed by atoms with E-state index in [1.54, 1.807) is 0 Å². The Hall–Kier alpha value is -7.70. The summed E-state index contributed by atoms with van der Waals surface area (Å²) in [7, 11) is 0. The van der Waals surface area contributed by atoms with Crippen molar-refractivity contribution in [3.8, 4) is 39.6 Å². The molecule has 56 heavy (non-hydrogen) atoms. The van der Waals surface area contributed by atoms with Crippen LogP contribution in [0.5, 0.6) is 0 Å². The number of hydrogen-bond donors (Lipinski definition) is 0. The first kappa shape index (κ1) is 30.7. The Morgan fingerprint density at radius 3 is 1.79 bits per heavy atom. The van der Waals surface area contributed by atoms with Gasteiger partial charge in [-0.2, -0.15) is 0 Å². The van der Waals surface area contributed by atoms with Gasteiger partial charge >= 0.3 is 0 Å². The lowest BCUT2D eigenvalue weighted by Gasteiger charge is -2.13. The lowest BCUT2D eigenvalue weighted by atomic mass is 10.0. The standard InChI is InChI=1S/C50H31N5O/c1-3-14-32(15-4-1)48-49(33-16-5-2-6-17-33)55(52-51-48)36-26-28-44-41(31-36)37-20-7-10-23-42(37)53(44)34-18-13-19-35(30-34)54-43-24-11-8-22-40(43)47-45(54)29-27-39-38-21-9-12-25-46(38)56-50(39)47/h1-31H. The minimum atomic E-state index is 0.849. The summed E-state index contributed by atoms with van der Waals surface area (Å²) in [6.45, 7) is 0. The fourth-order valence-electron chi connectivity index (χ4n) is 8.76. The molecule has 6 heteroatoms. The van der Waals surface area contributed by atoms with Gasteiger partial charge in [-0.25, -0.2) is 4.68 Å². The van der Waals surface area contributed by atoms with Gasteiger partial charge in [0.15, 0.2) is 0 Å². The summed E-state index contributed by atoms with van der Waals surface area (Å²) >= 11 is 0. The lowest BCUT2D eigenvalue weighted by molar-refractivity contribution is 0.673. The molecule has 0 saturated carbocycles. The lowest BCUT2D eigenvalue weighted by Crippen LogP contribution is -2.00. The Bertz CT molecular complexity index is 3480. The maximum Gasteiger partial charge on any atom is 0.145 e. The average molecular weight is 718 g/mol. The topological polar surface area (TPSA) is 53.7 Å². The highest BCUT2D eigenvalue weighted by molar-refractivity contribution is 6.23. The molecule has 12 aromatic rings. The van der Waals surface area contributed by atoms with Crippen molar-refractivity contribution in [3.63, 3.8) is 0 Å². The van der Waals surface area contributed by atoms with Gasteiger partial charge < -0.3 is 13.6 Å². The molecule has 0 aliphatic heterocycles. The Morgan fingerprint density at radius 1 is 0.393 bits per heavy atom. The summed E-state index contributed by atoms with van der Waals surface area (Å²) in [6, 6.07) is 66.2. The predicted molar refractivity (Wildman–Crippen MR) is 228 cm³/mol. The van der Waals surface area contributed by atoms with Crippen molar-refractivity contribution in [2.45, 2.75) is 0 Å². The molecule has 4 aromatic heterocycles. The molecule has 8 aromatic carbocycles. The van der Waals surface area contributed by atoms with Crippen molar-refractivity contribution in [2.75, 3.05) is 0 Å². The summed E-state index contributed by atoms with van der Waals surface area (Å²) < 4.78 is 13.3. The monoisotopic (exact) mass is 717 g/mol. The second-order valence-electron chi connectivity index (χ2n) is 14.3. The Labute approximate surface area is 320 Å². The van der Waals surface area contributed by atoms with Gasteiger partial charge in [-0.1, -0.05) is 127 Å². The molecule has 0 amide bonds. The summed E-state index contributed by atoms with van der Waals surface area (Å²) in [6.07, 6.45) is 0. The van der Waals surface area contributed by atoms with E-state index < -0.39 is 0 Å². The van der Waals surface area contributed by atoms with Crippen molar-refractivity contribution in [3.05, 3.63) is 188 Å². The van der Waals surface area contributed by atoms with Gasteiger partial charge in [0.2, 0.25) is 0 Å². The molecule has 12 rings (SSSR count). The van der Waals surface area contributed by atoms with Crippen LogP contribution in [0.15, 0.2) is 192 Å². The van der Waals surface area contributed by atoms with E-state index in [0.717, 1.165) is 94.4 Å². The number of fused-ring (bicyclic) bond motifs is 10. The molecular weight excluding hydrogens is 687 g/mol. The van der Waals surface area contributed by atoms with Gasteiger partial charge in [0.1, 0.15) is 22.6 Å². The molecule has 0 spiro atoms. The molecular formula is C50H31N5O. The number of rotatable bonds is 5. The fourth-order valence-corrected chi connectivity index (χ4v) is 8.76. The highest BCUT2D eigenvalue weighted by Gasteiger charge is 2.22. The largest absolute Gasteiger partial charge is 0.455 e. The molecule has 0 fully saturated rings. The molecule has 0 aliphatic rings. The van der Waals surface area contributed by atoms with E-state index in [0.29, 0.717) is 0 Å². The van der Waals surface area contributed by atoms with E-state index in [2.05, 4.69) is 167 Å². The molecule has 0 unspecified atom stereocenters. The van der Waals surface area contributed by atoms with E-state index in [1.165, 1.54) is 10.8 Å². The first-order valence-corrected chi connectivity index (χ1v) is 18.8. The van der Waals surface area contributed by atoms with Crippen LogP contribution < -0.4 is 0 Å². The second kappa shape index (κ2) is 11.9. The van der Waals surface area contributed by atoms with Gasteiger partial charge in [0.05, 0.1) is 33.1 Å². The van der Waals surface area contributed by atoms with Crippen LogP contribution in [0, 0.1) is 0 Å². The first-order valence-electron chi connectivity index (χ1n) is 18.8. The van der Waals surface area contributed by atoms with E-state index in [-0.39, 0.29) is 0 Å². The maximum absolute atomic E-state index is 6.57. The Kier molecular flexibility index (Phi) is 6.53. The van der Waals surface area contributed by atoms with Crippen molar-refractivity contribution in [2.24, 2.45) is 0 Å². The van der Waals surface area contributed by atoms with E-state index in [9.17, 15) is 0 Å². The van der Waals surface area contributed by atoms with Gasteiger partial charge in [0, 0.05) is 49.4 Å². The van der Waals surface area contributed by atoms with Crippen molar-refractivity contribution < 1.29 is 4.42 Å². The quantitative estimate of drug-likeness (QED) is 0.178. The van der Waals surface area contributed by atoms with Crippen LogP contribution in [0.2, 0.25) is 0 Å². The van der Waals surface area contributed by atoms with Gasteiger partial charge in [0.25, 0.3) is 0 Å². The highest BCUT2D eigenvalue weighted by atomic mass is 16.3. The predicted octanol–water partition coefficient (Wildman–Crippen LogP) is 12.7. The van der Waals surface area contributed by atoms with Crippen molar-refractivity contribution in [1.29, 1.82) is 0 Å². The van der Waals surface area contributed by atoms with Crippen LogP contribution in [-0.4, -0.2) is 24.1 Å². The van der Waals surface area contributed by atoms with Gasteiger partial charge in [-0.3, -0.25) is 0 Å². The van der Waals surface area contributed by atoms with E-state index in [1.807, 2.05) is 35.0 Å². The minimum absolute atomic E-state index is 0.849. The number of hydrogen-bond acceptors (Lipinski definition) is 3. The minimum Gasteiger partial charge on any atom is -0.455 e. The molecule has 6 nitrogen and oxygen atoms in total. The zero-order chi connectivity index (χ0) is 36.7. The third kappa shape index (κ3) is 4.44. The second-order valence-corrected chi connectivity index (χ2v) is 14.3. The third-order valence-electron chi connectivity index (χ3n) is 11.2. The smallest absolute Gasteiger partial charge is 0.145 e. The SMILES string of the molecule is c1ccc(-c2nnn(-c3ccc4c(c3)c3ccccc3n4-c3cccc(-n4c5ccccc5c5c6oc7ccccc7c6ccc54)c3)c2-c2ccccc2)cc1. The molecule has 0 N–H and O–H groups in total. The van der Waals surface area contributed by atoms with Gasteiger partial charge in [-0.15, -0.1) is 5.10 Å². The number of nitrogens with zero attached hydrogens (tertiary/aromatic N) is 5. The summed E-state index contributed by atoms with van der Waals surface area (Å²) in [5, 5.41) is 16.4. The van der Waals surface area contributed by atoms with E-state index >= 15 is 0 Å². The molecule has 0 atom stereocenters.